The highest BCUT2D eigenvalue weighted by Crippen LogP contribution is 2.18. The molecule has 0 radical (unpaired) electrons. The van der Waals surface area contributed by atoms with Gasteiger partial charge in [0.2, 0.25) is 0 Å². The second-order valence-corrected chi connectivity index (χ2v) is 5.45. The largest absolute Gasteiger partial charge is 0.478 e. The lowest BCUT2D eigenvalue weighted by Crippen LogP contribution is -2.14. The summed E-state index contributed by atoms with van der Waals surface area (Å²) in [5, 5.41) is 12.3. The molecule has 1 aromatic carbocycles. The summed E-state index contributed by atoms with van der Waals surface area (Å²) in [4.78, 5) is 10.8. The molecule has 0 aliphatic carbocycles. The standard InChI is InChI=1S/C15H23NO2/c1-10(2)7-11(3)9-16-14-6-5-13(15(17)18)8-12(14)4/h5-6,8,10-11,16H,7,9H2,1-4H3,(H,17,18). The Balaban J connectivity index is 2.60. The third-order valence-corrected chi connectivity index (χ3v) is 2.99. The van der Waals surface area contributed by atoms with Crippen LogP contribution in [0.3, 0.4) is 0 Å². The summed E-state index contributed by atoms with van der Waals surface area (Å²) in [5.41, 5.74) is 2.34. The number of carboxylic acids is 1. The summed E-state index contributed by atoms with van der Waals surface area (Å²) in [6.45, 7) is 9.54. The highest BCUT2D eigenvalue weighted by Gasteiger charge is 2.08. The fraction of sp³-hybridized carbons (Fsp3) is 0.533. The molecule has 0 heterocycles. The first-order valence-electron chi connectivity index (χ1n) is 6.48. The Morgan fingerprint density at radius 2 is 2.00 bits per heavy atom. The zero-order chi connectivity index (χ0) is 13.7. The summed E-state index contributed by atoms with van der Waals surface area (Å²) in [6, 6.07) is 5.20. The SMILES string of the molecule is Cc1cc(C(=O)O)ccc1NCC(C)CC(C)C. The second kappa shape index (κ2) is 6.43. The van der Waals surface area contributed by atoms with Crippen LogP contribution in [0.4, 0.5) is 5.69 Å². The average molecular weight is 249 g/mol. The molecule has 0 saturated heterocycles. The van der Waals surface area contributed by atoms with Gasteiger partial charge in [-0.05, 0) is 48.9 Å². The molecule has 0 amide bonds. The molecule has 0 aliphatic heterocycles. The van der Waals surface area contributed by atoms with Gasteiger partial charge in [0.1, 0.15) is 0 Å². The number of hydrogen-bond donors (Lipinski definition) is 2. The molecule has 3 nitrogen and oxygen atoms in total. The van der Waals surface area contributed by atoms with Crippen molar-refractivity contribution in [3.05, 3.63) is 29.3 Å². The number of carboxylic acid groups (broad SMARTS) is 1. The van der Waals surface area contributed by atoms with Crippen LogP contribution < -0.4 is 5.32 Å². The van der Waals surface area contributed by atoms with Gasteiger partial charge in [-0.2, -0.15) is 0 Å². The van der Waals surface area contributed by atoms with E-state index in [1.54, 1.807) is 12.1 Å². The van der Waals surface area contributed by atoms with Crippen LogP contribution in [0.1, 0.15) is 43.1 Å². The molecule has 0 bridgehead atoms. The fourth-order valence-corrected chi connectivity index (χ4v) is 2.17. The molecule has 100 valence electrons. The van der Waals surface area contributed by atoms with Crippen molar-refractivity contribution in [3.63, 3.8) is 0 Å². The van der Waals surface area contributed by atoms with Crippen molar-refractivity contribution in [1.29, 1.82) is 0 Å². The minimum atomic E-state index is -0.877. The summed E-state index contributed by atoms with van der Waals surface area (Å²) in [7, 11) is 0. The van der Waals surface area contributed by atoms with Crippen molar-refractivity contribution >= 4 is 11.7 Å². The Morgan fingerprint density at radius 3 is 2.50 bits per heavy atom. The van der Waals surface area contributed by atoms with Crippen molar-refractivity contribution in [1.82, 2.24) is 0 Å². The lowest BCUT2D eigenvalue weighted by atomic mass is 9.99. The molecule has 0 spiro atoms. The van der Waals surface area contributed by atoms with Gasteiger partial charge in [0, 0.05) is 12.2 Å². The average Bonchev–Trinajstić information content (AvgIpc) is 2.26. The molecule has 3 heteroatoms. The van der Waals surface area contributed by atoms with E-state index in [0.29, 0.717) is 17.4 Å². The predicted molar refractivity (Wildman–Crippen MR) is 75.2 cm³/mol. The zero-order valence-electron chi connectivity index (χ0n) is 11.7. The van der Waals surface area contributed by atoms with E-state index in [-0.39, 0.29) is 0 Å². The molecule has 1 atom stereocenters. The van der Waals surface area contributed by atoms with Gasteiger partial charge < -0.3 is 10.4 Å². The first-order chi connectivity index (χ1) is 8.40. The maximum absolute atomic E-state index is 10.8. The van der Waals surface area contributed by atoms with Gasteiger partial charge in [-0.25, -0.2) is 4.79 Å². The third kappa shape index (κ3) is 4.40. The Kier molecular flexibility index (Phi) is 5.20. The Morgan fingerprint density at radius 1 is 1.33 bits per heavy atom. The van der Waals surface area contributed by atoms with Crippen LogP contribution in [0, 0.1) is 18.8 Å². The molecule has 0 aromatic heterocycles. The Labute approximate surface area is 109 Å². The predicted octanol–water partition coefficient (Wildman–Crippen LogP) is 3.79. The molecule has 0 aliphatic rings. The van der Waals surface area contributed by atoms with Gasteiger partial charge in [-0.15, -0.1) is 0 Å². The molecular formula is C15H23NO2. The van der Waals surface area contributed by atoms with Gasteiger partial charge in [0.25, 0.3) is 0 Å². The third-order valence-electron chi connectivity index (χ3n) is 2.99. The van der Waals surface area contributed by atoms with Crippen LogP contribution in [0.2, 0.25) is 0 Å². The minimum absolute atomic E-state index is 0.341. The van der Waals surface area contributed by atoms with Crippen molar-refractivity contribution in [2.24, 2.45) is 11.8 Å². The number of rotatable bonds is 6. The van der Waals surface area contributed by atoms with Gasteiger partial charge in [0.05, 0.1) is 5.56 Å². The van der Waals surface area contributed by atoms with E-state index >= 15 is 0 Å². The van der Waals surface area contributed by atoms with Crippen LogP contribution >= 0.6 is 0 Å². The quantitative estimate of drug-likeness (QED) is 0.806. The molecular weight excluding hydrogens is 226 g/mol. The maximum Gasteiger partial charge on any atom is 0.335 e. The monoisotopic (exact) mass is 249 g/mol. The van der Waals surface area contributed by atoms with E-state index in [1.807, 2.05) is 13.0 Å². The van der Waals surface area contributed by atoms with Gasteiger partial charge in [0.15, 0.2) is 0 Å². The Hall–Kier alpha value is -1.51. The van der Waals surface area contributed by atoms with Crippen LogP contribution in [0.15, 0.2) is 18.2 Å². The number of anilines is 1. The zero-order valence-corrected chi connectivity index (χ0v) is 11.7. The summed E-state index contributed by atoms with van der Waals surface area (Å²) < 4.78 is 0. The van der Waals surface area contributed by atoms with E-state index in [4.69, 9.17) is 5.11 Å². The van der Waals surface area contributed by atoms with Crippen molar-refractivity contribution in [2.75, 3.05) is 11.9 Å². The number of aryl methyl sites for hydroxylation is 1. The van der Waals surface area contributed by atoms with E-state index in [2.05, 4.69) is 26.1 Å². The molecule has 18 heavy (non-hydrogen) atoms. The minimum Gasteiger partial charge on any atom is -0.478 e. The lowest BCUT2D eigenvalue weighted by molar-refractivity contribution is 0.0697. The van der Waals surface area contributed by atoms with Gasteiger partial charge in [-0.1, -0.05) is 20.8 Å². The van der Waals surface area contributed by atoms with E-state index in [0.717, 1.165) is 17.8 Å². The summed E-state index contributed by atoms with van der Waals surface area (Å²) >= 11 is 0. The molecule has 1 aromatic rings. The van der Waals surface area contributed by atoms with Crippen molar-refractivity contribution < 1.29 is 9.90 Å². The Bertz CT molecular complexity index is 413. The molecule has 0 fully saturated rings. The summed E-state index contributed by atoms with van der Waals surface area (Å²) in [5.74, 6) is 0.443. The van der Waals surface area contributed by atoms with E-state index < -0.39 is 5.97 Å². The first-order valence-corrected chi connectivity index (χ1v) is 6.48. The van der Waals surface area contributed by atoms with Crippen LogP contribution in [-0.4, -0.2) is 17.6 Å². The highest BCUT2D eigenvalue weighted by atomic mass is 16.4. The molecule has 0 saturated carbocycles. The second-order valence-electron chi connectivity index (χ2n) is 5.45. The van der Waals surface area contributed by atoms with E-state index in [1.165, 1.54) is 6.42 Å². The topological polar surface area (TPSA) is 49.3 Å². The number of aromatic carboxylic acids is 1. The first kappa shape index (κ1) is 14.6. The number of carbonyl (C=O) groups is 1. The lowest BCUT2D eigenvalue weighted by Gasteiger charge is -2.17. The van der Waals surface area contributed by atoms with Gasteiger partial charge >= 0.3 is 5.97 Å². The van der Waals surface area contributed by atoms with Crippen LogP contribution in [0.25, 0.3) is 0 Å². The van der Waals surface area contributed by atoms with Gasteiger partial charge in [-0.3, -0.25) is 0 Å². The normalized spacial score (nSPS) is 12.5. The number of hydrogen-bond acceptors (Lipinski definition) is 2. The van der Waals surface area contributed by atoms with E-state index in [9.17, 15) is 4.79 Å². The molecule has 2 N–H and O–H groups in total. The number of benzene rings is 1. The maximum atomic E-state index is 10.8. The van der Waals surface area contributed by atoms with Crippen LogP contribution in [-0.2, 0) is 0 Å². The van der Waals surface area contributed by atoms with Crippen molar-refractivity contribution in [2.45, 2.75) is 34.1 Å². The van der Waals surface area contributed by atoms with Crippen LogP contribution in [0.5, 0.6) is 0 Å². The highest BCUT2D eigenvalue weighted by molar-refractivity contribution is 5.88. The number of nitrogens with one attached hydrogen (secondary N) is 1. The molecule has 1 rings (SSSR count). The van der Waals surface area contributed by atoms with Crippen molar-refractivity contribution in [3.8, 4) is 0 Å². The fourth-order valence-electron chi connectivity index (χ4n) is 2.17. The smallest absolute Gasteiger partial charge is 0.335 e. The molecule has 1 unspecified atom stereocenters. The summed E-state index contributed by atoms with van der Waals surface area (Å²) in [6.07, 6.45) is 1.19.